The summed E-state index contributed by atoms with van der Waals surface area (Å²) in [5.74, 6) is 1.35. The first-order chi connectivity index (χ1) is 15.2. The molecule has 1 aromatic carbocycles. The molecule has 1 fully saturated rings. The summed E-state index contributed by atoms with van der Waals surface area (Å²) >= 11 is 0. The van der Waals surface area contributed by atoms with Crippen molar-refractivity contribution in [1.29, 1.82) is 0 Å². The summed E-state index contributed by atoms with van der Waals surface area (Å²) in [4.78, 5) is 13.3. The Hall–Kier alpha value is -2.73. The zero-order valence-electron chi connectivity index (χ0n) is 17.8. The highest BCUT2D eigenvalue weighted by Crippen LogP contribution is 2.20. The van der Waals surface area contributed by atoms with E-state index < -0.39 is 0 Å². The molecule has 8 nitrogen and oxygen atoms in total. The molecule has 170 valence electrons. The molecule has 0 amide bonds. The number of pyridine rings is 1. The standard InChI is InChI=1S/C22H25FN6O2.HI/c1-24-22(29-10-8-28(9-11-29)16-19-7-12-30-27-19)26-15-17-5-6-21(25-14-17)31-20-4-2-3-18(23)13-20;/h2-7,12-14H,8-11,15-16H2,1H3,(H,24,26);1H. The number of ether oxygens (including phenoxy) is 1. The van der Waals surface area contributed by atoms with Crippen LogP contribution in [-0.2, 0) is 13.1 Å². The van der Waals surface area contributed by atoms with Crippen molar-refractivity contribution in [1.82, 2.24) is 25.3 Å². The first kappa shape index (κ1) is 23.9. The van der Waals surface area contributed by atoms with E-state index in [2.05, 4.69) is 30.2 Å². The summed E-state index contributed by atoms with van der Waals surface area (Å²) in [5.41, 5.74) is 1.95. The fourth-order valence-corrected chi connectivity index (χ4v) is 3.41. The Labute approximate surface area is 203 Å². The molecule has 1 N–H and O–H groups in total. The van der Waals surface area contributed by atoms with Crippen LogP contribution in [0.5, 0.6) is 11.6 Å². The number of nitrogens with zero attached hydrogens (tertiary/aromatic N) is 5. The van der Waals surface area contributed by atoms with Gasteiger partial charge in [0.15, 0.2) is 5.96 Å². The summed E-state index contributed by atoms with van der Waals surface area (Å²) < 4.78 is 23.8. The number of benzene rings is 1. The lowest BCUT2D eigenvalue weighted by atomic mass is 10.2. The van der Waals surface area contributed by atoms with Crippen LogP contribution in [0.1, 0.15) is 11.3 Å². The predicted octanol–water partition coefficient (Wildman–Crippen LogP) is 3.51. The molecule has 0 bridgehead atoms. The summed E-state index contributed by atoms with van der Waals surface area (Å²) in [5, 5.41) is 7.37. The highest BCUT2D eigenvalue weighted by atomic mass is 127. The number of aliphatic imine (C=N–C) groups is 1. The fraction of sp³-hybridized carbons (Fsp3) is 0.318. The van der Waals surface area contributed by atoms with Gasteiger partial charge in [-0.15, -0.1) is 24.0 Å². The molecular weight excluding hydrogens is 526 g/mol. The predicted molar refractivity (Wildman–Crippen MR) is 130 cm³/mol. The van der Waals surface area contributed by atoms with Gasteiger partial charge in [0.05, 0.1) is 5.69 Å². The maximum atomic E-state index is 13.3. The molecular formula is C22H26FIN6O2. The summed E-state index contributed by atoms with van der Waals surface area (Å²) in [7, 11) is 1.79. The molecule has 0 radical (unpaired) electrons. The van der Waals surface area contributed by atoms with Crippen molar-refractivity contribution in [3.05, 3.63) is 72.0 Å². The SMILES string of the molecule is CN=C(NCc1ccc(Oc2cccc(F)c2)nc1)N1CCN(Cc2ccon2)CC1.I. The van der Waals surface area contributed by atoms with Gasteiger partial charge in [-0.05, 0) is 17.7 Å². The highest BCUT2D eigenvalue weighted by Gasteiger charge is 2.20. The van der Waals surface area contributed by atoms with Crippen LogP contribution in [0.4, 0.5) is 4.39 Å². The third kappa shape index (κ3) is 6.63. The quantitative estimate of drug-likeness (QED) is 0.285. The second-order valence-corrected chi connectivity index (χ2v) is 7.22. The molecule has 0 aliphatic carbocycles. The Balaban J connectivity index is 0.00000289. The Bertz CT molecular complexity index is 992. The number of halogens is 2. The van der Waals surface area contributed by atoms with Crippen molar-refractivity contribution in [2.45, 2.75) is 13.1 Å². The van der Waals surface area contributed by atoms with Crippen molar-refractivity contribution < 1.29 is 13.7 Å². The maximum absolute atomic E-state index is 13.3. The number of rotatable bonds is 6. The number of hydrogen-bond acceptors (Lipinski definition) is 6. The van der Waals surface area contributed by atoms with Crippen LogP contribution in [0.15, 0.2) is 64.4 Å². The van der Waals surface area contributed by atoms with E-state index in [1.54, 1.807) is 37.7 Å². The lowest BCUT2D eigenvalue weighted by Crippen LogP contribution is -2.52. The minimum Gasteiger partial charge on any atom is -0.439 e. The molecule has 1 saturated heterocycles. The summed E-state index contributed by atoms with van der Waals surface area (Å²) in [6.45, 7) is 5.03. The average Bonchev–Trinajstić information content (AvgIpc) is 3.29. The average molecular weight is 552 g/mol. The molecule has 0 atom stereocenters. The van der Waals surface area contributed by atoms with Gasteiger partial charge in [0, 0.05) is 70.7 Å². The molecule has 0 spiro atoms. The van der Waals surface area contributed by atoms with Gasteiger partial charge >= 0.3 is 0 Å². The molecule has 32 heavy (non-hydrogen) atoms. The Morgan fingerprint density at radius 2 is 2.03 bits per heavy atom. The lowest BCUT2D eigenvalue weighted by Gasteiger charge is -2.36. The number of hydrogen-bond donors (Lipinski definition) is 1. The van der Waals surface area contributed by atoms with Crippen molar-refractivity contribution in [2.24, 2.45) is 4.99 Å². The van der Waals surface area contributed by atoms with E-state index in [0.29, 0.717) is 18.2 Å². The first-order valence-electron chi connectivity index (χ1n) is 10.1. The highest BCUT2D eigenvalue weighted by molar-refractivity contribution is 14.0. The number of nitrogens with one attached hydrogen (secondary N) is 1. The largest absolute Gasteiger partial charge is 0.439 e. The van der Waals surface area contributed by atoms with Gasteiger partial charge in [0.25, 0.3) is 0 Å². The molecule has 10 heteroatoms. The van der Waals surface area contributed by atoms with Crippen LogP contribution < -0.4 is 10.1 Å². The normalized spacial score (nSPS) is 14.7. The Kier molecular flexibility index (Phi) is 8.80. The monoisotopic (exact) mass is 552 g/mol. The molecule has 3 heterocycles. The topological polar surface area (TPSA) is 79.0 Å². The second kappa shape index (κ2) is 11.8. The summed E-state index contributed by atoms with van der Waals surface area (Å²) in [6.07, 6.45) is 3.34. The van der Waals surface area contributed by atoms with Gasteiger partial charge in [-0.3, -0.25) is 9.89 Å². The van der Waals surface area contributed by atoms with Crippen LogP contribution in [0, 0.1) is 5.82 Å². The van der Waals surface area contributed by atoms with Crippen LogP contribution in [0.2, 0.25) is 0 Å². The van der Waals surface area contributed by atoms with Crippen LogP contribution >= 0.6 is 24.0 Å². The van der Waals surface area contributed by atoms with Gasteiger partial charge in [0.2, 0.25) is 5.88 Å². The smallest absolute Gasteiger partial charge is 0.219 e. The van der Waals surface area contributed by atoms with Crippen LogP contribution in [-0.4, -0.2) is 59.1 Å². The van der Waals surface area contributed by atoms with E-state index >= 15 is 0 Å². The molecule has 3 aromatic rings. The molecule has 1 aliphatic heterocycles. The zero-order valence-corrected chi connectivity index (χ0v) is 20.1. The van der Waals surface area contributed by atoms with Gasteiger partial charge in [-0.1, -0.05) is 17.3 Å². The number of aromatic nitrogens is 2. The van der Waals surface area contributed by atoms with E-state index in [4.69, 9.17) is 9.26 Å². The lowest BCUT2D eigenvalue weighted by molar-refractivity contribution is 0.169. The van der Waals surface area contributed by atoms with Crippen molar-refractivity contribution in [3.8, 4) is 11.6 Å². The third-order valence-corrected chi connectivity index (χ3v) is 5.03. The first-order valence-corrected chi connectivity index (χ1v) is 10.1. The van der Waals surface area contributed by atoms with Gasteiger partial charge in [-0.2, -0.15) is 0 Å². The Morgan fingerprint density at radius 3 is 2.69 bits per heavy atom. The van der Waals surface area contributed by atoms with E-state index in [-0.39, 0.29) is 29.8 Å². The summed E-state index contributed by atoms with van der Waals surface area (Å²) in [6, 6.07) is 11.6. The molecule has 2 aromatic heterocycles. The van der Waals surface area contributed by atoms with Crippen LogP contribution in [0.25, 0.3) is 0 Å². The van der Waals surface area contributed by atoms with Gasteiger partial charge < -0.3 is 19.5 Å². The minimum absolute atomic E-state index is 0. The van der Waals surface area contributed by atoms with Crippen molar-refractivity contribution in [2.75, 3.05) is 33.2 Å². The van der Waals surface area contributed by atoms with E-state index in [9.17, 15) is 4.39 Å². The Morgan fingerprint density at radius 1 is 1.19 bits per heavy atom. The van der Waals surface area contributed by atoms with Crippen molar-refractivity contribution >= 4 is 29.9 Å². The van der Waals surface area contributed by atoms with Crippen LogP contribution in [0.3, 0.4) is 0 Å². The maximum Gasteiger partial charge on any atom is 0.219 e. The molecule has 0 unspecified atom stereocenters. The van der Waals surface area contributed by atoms with Gasteiger partial charge in [-0.25, -0.2) is 9.37 Å². The van der Waals surface area contributed by atoms with E-state index in [0.717, 1.165) is 49.9 Å². The minimum atomic E-state index is -0.344. The fourth-order valence-electron chi connectivity index (χ4n) is 3.41. The second-order valence-electron chi connectivity index (χ2n) is 7.22. The molecule has 4 rings (SSSR count). The third-order valence-electron chi connectivity index (χ3n) is 5.03. The van der Waals surface area contributed by atoms with E-state index in [1.165, 1.54) is 12.1 Å². The molecule has 0 saturated carbocycles. The van der Waals surface area contributed by atoms with Gasteiger partial charge in [0.1, 0.15) is 17.8 Å². The van der Waals surface area contributed by atoms with Crippen molar-refractivity contribution in [3.63, 3.8) is 0 Å². The molecule has 1 aliphatic rings. The number of piperazine rings is 1. The number of guanidine groups is 1. The van der Waals surface area contributed by atoms with E-state index in [1.807, 2.05) is 12.1 Å². The zero-order chi connectivity index (χ0) is 21.5.